The van der Waals surface area contributed by atoms with E-state index >= 15 is 0 Å². The molecule has 1 aromatic carbocycles. The molecule has 2 atom stereocenters. The van der Waals surface area contributed by atoms with Crippen LogP contribution in [0.15, 0.2) is 33.5 Å². The standard InChI is InChI=1S/C22H27NO6/c1-22(2,3)29-21(25)23-14-6-7-15(23)11-17(10-14)27-16-8-5-13-9-19(26-4)20(24)28-18(13)12-16/h5,8-9,12,14-15,17H,6-7,10-11H2,1-4H3. The second kappa shape index (κ2) is 7.28. The van der Waals surface area contributed by atoms with Crippen LogP contribution in [0.1, 0.15) is 46.5 Å². The minimum Gasteiger partial charge on any atom is -0.490 e. The van der Waals surface area contributed by atoms with Crippen LogP contribution in [0.2, 0.25) is 0 Å². The highest BCUT2D eigenvalue weighted by atomic mass is 16.6. The zero-order valence-corrected chi connectivity index (χ0v) is 17.3. The third-order valence-corrected chi connectivity index (χ3v) is 5.49. The van der Waals surface area contributed by atoms with Crippen molar-refractivity contribution in [1.29, 1.82) is 0 Å². The smallest absolute Gasteiger partial charge is 0.410 e. The summed E-state index contributed by atoms with van der Waals surface area (Å²) < 4.78 is 22.1. The van der Waals surface area contributed by atoms with Crippen molar-refractivity contribution in [1.82, 2.24) is 4.90 Å². The van der Waals surface area contributed by atoms with Crippen LogP contribution in [0, 0.1) is 0 Å². The number of ether oxygens (including phenoxy) is 3. The van der Waals surface area contributed by atoms with Gasteiger partial charge in [-0.15, -0.1) is 0 Å². The molecule has 1 amide bonds. The van der Waals surface area contributed by atoms with Crippen LogP contribution >= 0.6 is 0 Å². The molecule has 0 aliphatic carbocycles. The van der Waals surface area contributed by atoms with Gasteiger partial charge in [0.25, 0.3) is 0 Å². The lowest BCUT2D eigenvalue weighted by Crippen LogP contribution is -2.50. The number of nitrogens with zero attached hydrogens (tertiary/aromatic N) is 1. The monoisotopic (exact) mass is 401 g/mol. The molecule has 29 heavy (non-hydrogen) atoms. The summed E-state index contributed by atoms with van der Waals surface area (Å²) in [4.78, 5) is 26.4. The second-order valence-electron chi connectivity index (χ2n) is 8.79. The van der Waals surface area contributed by atoms with Crippen LogP contribution in [-0.2, 0) is 4.74 Å². The minimum absolute atomic E-state index is 0.00797. The molecule has 2 aliphatic heterocycles. The van der Waals surface area contributed by atoms with Gasteiger partial charge < -0.3 is 23.5 Å². The van der Waals surface area contributed by atoms with Gasteiger partial charge in [0.2, 0.25) is 5.75 Å². The lowest BCUT2D eigenvalue weighted by molar-refractivity contribution is -0.00706. The molecule has 2 saturated heterocycles. The van der Waals surface area contributed by atoms with E-state index in [9.17, 15) is 9.59 Å². The van der Waals surface area contributed by atoms with E-state index < -0.39 is 11.2 Å². The van der Waals surface area contributed by atoms with E-state index in [0.717, 1.165) is 31.1 Å². The van der Waals surface area contributed by atoms with Crippen molar-refractivity contribution in [3.63, 3.8) is 0 Å². The summed E-state index contributed by atoms with van der Waals surface area (Å²) in [6, 6.07) is 7.38. The number of fused-ring (bicyclic) bond motifs is 3. The number of hydrogen-bond acceptors (Lipinski definition) is 6. The topological polar surface area (TPSA) is 78.2 Å². The molecule has 4 rings (SSSR count). The Labute approximate surface area is 169 Å². The Morgan fingerprint density at radius 3 is 2.45 bits per heavy atom. The van der Waals surface area contributed by atoms with Gasteiger partial charge in [0.05, 0.1) is 7.11 Å². The summed E-state index contributed by atoms with van der Waals surface area (Å²) in [5, 5.41) is 0.772. The van der Waals surface area contributed by atoms with Crippen LogP contribution in [0.3, 0.4) is 0 Å². The summed E-state index contributed by atoms with van der Waals surface area (Å²) in [5.41, 5.74) is -0.551. The molecule has 0 spiro atoms. The summed E-state index contributed by atoms with van der Waals surface area (Å²) in [6.45, 7) is 5.66. The molecule has 156 valence electrons. The molecule has 0 N–H and O–H groups in total. The Bertz CT molecular complexity index is 961. The van der Waals surface area contributed by atoms with E-state index in [1.54, 1.807) is 12.1 Å². The van der Waals surface area contributed by atoms with Gasteiger partial charge in [0.15, 0.2) is 0 Å². The molecular formula is C22H27NO6. The highest BCUT2D eigenvalue weighted by Gasteiger charge is 2.45. The lowest BCUT2D eigenvalue weighted by Gasteiger charge is -2.39. The van der Waals surface area contributed by atoms with Crippen molar-refractivity contribution < 1.29 is 23.4 Å². The fraction of sp³-hybridized carbons (Fsp3) is 0.545. The number of benzene rings is 1. The van der Waals surface area contributed by atoms with Gasteiger partial charge in [-0.05, 0) is 51.8 Å². The van der Waals surface area contributed by atoms with Crippen molar-refractivity contribution in [2.75, 3.05) is 7.11 Å². The van der Waals surface area contributed by atoms with E-state index in [-0.39, 0.29) is 30.0 Å². The van der Waals surface area contributed by atoms with Crippen LogP contribution in [0.25, 0.3) is 11.0 Å². The number of amides is 1. The van der Waals surface area contributed by atoms with Crippen LogP contribution in [0.5, 0.6) is 11.5 Å². The maximum atomic E-state index is 12.6. The van der Waals surface area contributed by atoms with Crippen LogP contribution in [0.4, 0.5) is 4.79 Å². The Morgan fingerprint density at radius 1 is 1.14 bits per heavy atom. The molecule has 2 aliphatic rings. The molecule has 0 saturated carbocycles. The zero-order valence-electron chi connectivity index (χ0n) is 17.3. The molecular weight excluding hydrogens is 374 g/mol. The average molecular weight is 401 g/mol. The summed E-state index contributed by atoms with van der Waals surface area (Å²) in [6.07, 6.45) is 3.24. The second-order valence-corrected chi connectivity index (χ2v) is 8.79. The number of carbonyl (C=O) groups excluding carboxylic acids is 1. The fourth-order valence-electron chi connectivity index (χ4n) is 4.32. The zero-order chi connectivity index (χ0) is 20.8. The van der Waals surface area contributed by atoms with Crippen molar-refractivity contribution >= 4 is 17.1 Å². The predicted octanol–water partition coefficient (Wildman–Crippen LogP) is 4.11. The summed E-state index contributed by atoms with van der Waals surface area (Å²) in [5.74, 6) is 0.832. The largest absolute Gasteiger partial charge is 0.490 e. The third-order valence-electron chi connectivity index (χ3n) is 5.49. The van der Waals surface area contributed by atoms with Crippen LogP contribution in [-0.4, -0.2) is 41.9 Å². The Kier molecular flexibility index (Phi) is 4.92. The van der Waals surface area contributed by atoms with Crippen molar-refractivity contribution in [2.24, 2.45) is 0 Å². The molecule has 2 aromatic rings. The normalized spacial score (nSPS) is 23.9. The molecule has 1 aromatic heterocycles. The Morgan fingerprint density at radius 2 is 1.83 bits per heavy atom. The number of piperidine rings is 1. The number of methoxy groups -OCH3 is 1. The molecule has 7 heteroatoms. The van der Waals surface area contributed by atoms with Crippen molar-refractivity contribution in [3.05, 3.63) is 34.7 Å². The predicted molar refractivity (Wildman–Crippen MR) is 108 cm³/mol. The maximum absolute atomic E-state index is 12.6. The van der Waals surface area contributed by atoms with Gasteiger partial charge in [-0.1, -0.05) is 0 Å². The molecule has 2 fully saturated rings. The Balaban J connectivity index is 1.47. The minimum atomic E-state index is -0.513. The summed E-state index contributed by atoms with van der Waals surface area (Å²) >= 11 is 0. The van der Waals surface area contributed by atoms with Crippen molar-refractivity contribution in [2.45, 2.75) is 70.2 Å². The lowest BCUT2D eigenvalue weighted by atomic mass is 10.00. The van der Waals surface area contributed by atoms with E-state index in [4.69, 9.17) is 18.6 Å². The van der Waals surface area contributed by atoms with Crippen LogP contribution < -0.4 is 15.1 Å². The van der Waals surface area contributed by atoms with Gasteiger partial charge in [-0.25, -0.2) is 9.59 Å². The first-order chi connectivity index (χ1) is 13.7. The molecule has 3 heterocycles. The number of carbonyl (C=O) groups is 1. The molecule has 0 radical (unpaired) electrons. The van der Waals surface area contributed by atoms with Crippen molar-refractivity contribution in [3.8, 4) is 11.5 Å². The molecule has 7 nitrogen and oxygen atoms in total. The van der Waals surface area contributed by atoms with E-state index in [1.165, 1.54) is 7.11 Å². The van der Waals surface area contributed by atoms with E-state index in [1.807, 2.05) is 37.8 Å². The van der Waals surface area contributed by atoms with Gasteiger partial charge in [-0.3, -0.25) is 0 Å². The van der Waals surface area contributed by atoms with Gasteiger partial charge in [0, 0.05) is 36.4 Å². The Hall–Kier alpha value is -2.70. The van der Waals surface area contributed by atoms with E-state index in [0.29, 0.717) is 11.3 Å². The summed E-state index contributed by atoms with van der Waals surface area (Å²) in [7, 11) is 1.44. The number of rotatable bonds is 3. The van der Waals surface area contributed by atoms with Gasteiger partial charge >= 0.3 is 11.7 Å². The average Bonchev–Trinajstić information content (AvgIpc) is 2.91. The SMILES string of the molecule is COc1cc2ccc(OC3CC4CCC(C3)N4C(=O)OC(C)(C)C)cc2oc1=O. The molecule has 2 bridgehead atoms. The highest BCUT2D eigenvalue weighted by molar-refractivity contribution is 5.79. The van der Waals surface area contributed by atoms with Gasteiger partial charge in [0.1, 0.15) is 23.0 Å². The quantitative estimate of drug-likeness (QED) is 0.720. The number of hydrogen-bond donors (Lipinski definition) is 0. The van der Waals surface area contributed by atoms with E-state index in [2.05, 4.69) is 0 Å². The molecule has 2 unspecified atom stereocenters. The fourth-order valence-corrected chi connectivity index (χ4v) is 4.32. The van der Waals surface area contributed by atoms with Gasteiger partial charge in [-0.2, -0.15) is 0 Å². The first-order valence-corrected chi connectivity index (χ1v) is 10.0. The maximum Gasteiger partial charge on any atom is 0.410 e. The highest BCUT2D eigenvalue weighted by Crippen LogP contribution is 2.38. The third kappa shape index (κ3) is 4.04. The first kappa shape index (κ1) is 19.6. The first-order valence-electron chi connectivity index (χ1n) is 10.0.